The molecule has 0 radical (unpaired) electrons. The first-order valence-electron chi connectivity index (χ1n) is 7.39. The third kappa shape index (κ3) is 5.35. The van der Waals surface area contributed by atoms with Crippen LogP contribution >= 0.6 is 0 Å². The Kier molecular flexibility index (Phi) is 6.48. The summed E-state index contributed by atoms with van der Waals surface area (Å²) in [6.45, 7) is 4.02. The highest BCUT2D eigenvalue weighted by Gasteiger charge is 2.19. The molecule has 2 rings (SSSR count). The van der Waals surface area contributed by atoms with Gasteiger partial charge in [-0.3, -0.25) is 4.90 Å². The van der Waals surface area contributed by atoms with Crippen molar-refractivity contribution in [1.82, 2.24) is 4.90 Å². The minimum Gasteiger partial charge on any atom is -0.492 e. The van der Waals surface area contributed by atoms with Crippen molar-refractivity contribution in [2.24, 2.45) is 0 Å². The van der Waals surface area contributed by atoms with Gasteiger partial charge in [-0.2, -0.15) is 5.26 Å². The number of rotatable bonds is 7. The number of piperidine rings is 1. The SMILES string of the molecule is N#Cc1cccc(OCCN2CCC(OCCO)CC2)c1. The maximum Gasteiger partial charge on any atom is 0.120 e. The van der Waals surface area contributed by atoms with Gasteiger partial charge in [0.15, 0.2) is 0 Å². The summed E-state index contributed by atoms with van der Waals surface area (Å²) in [5, 5.41) is 17.6. The van der Waals surface area contributed by atoms with Gasteiger partial charge in [-0.05, 0) is 31.0 Å². The van der Waals surface area contributed by atoms with E-state index in [9.17, 15) is 0 Å². The van der Waals surface area contributed by atoms with Gasteiger partial charge in [-0.1, -0.05) is 6.07 Å². The van der Waals surface area contributed by atoms with Gasteiger partial charge in [-0.15, -0.1) is 0 Å². The molecule has 1 aliphatic rings. The fourth-order valence-electron chi connectivity index (χ4n) is 2.47. The lowest BCUT2D eigenvalue weighted by Gasteiger charge is -2.31. The maximum absolute atomic E-state index is 8.84. The van der Waals surface area contributed by atoms with E-state index < -0.39 is 0 Å². The fourth-order valence-corrected chi connectivity index (χ4v) is 2.47. The largest absolute Gasteiger partial charge is 0.492 e. The van der Waals surface area contributed by atoms with Gasteiger partial charge in [0.1, 0.15) is 12.4 Å². The third-order valence-corrected chi connectivity index (χ3v) is 3.62. The molecule has 0 amide bonds. The Hall–Kier alpha value is -1.61. The minimum atomic E-state index is 0.0931. The van der Waals surface area contributed by atoms with Gasteiger partial charge in [0.05, 0.1) is 31.0 Å². The van der Waals surface area contributed by atoms with Crippen molar-refractivity contribution in [1.29, 1.82) is 5.26 Å². The number of ether oxygens (including phenoxy) is 2. The van der Waals surface area contributed by atoms with E-state index in [1.807, 2.05) is 12.1 Å². The average molecular weight is 290 g/mol. The number of hydrogen-bond acceptors (Lipinski definition) is 5. The van der Waals surface area contributed by atoms with Crippen molar-refractivity contribution in [3.63, 3.8) is 0 Å². The Morgan fingerprint density at radius 1 is 1.29 bits per heavy atom. The lowest BCUT2D eigenvalue weighted by Crippen LogP contribution is -2.39. The molecule has 0 bridgehead atoms. The van der Waals surface area contributed by atoms with Crippen LogP contribution in [0.4, 0.5) is 0 Å². The summed E-state index contributed by atoms with van der Waals surface area (Å²) in [6, 6.07) is 9.34. The van der Waals surface area contributed by atoms with Crippen LogP contribution in [0.3, 0.4) is 0 Å². The van der Waals surface area contributed by atoms with Crippen molar-refractivity contribution in [3.05, 3.63) is 29.8 Å². The summed E-state index contributed by atoms with van der Waals surface area (Å²) in [4.78, 5) is 2.35. The Bertz CT molecular complexity index is 465. The number of aliphatic hydroxyl groups is 1. The molecule has 1 fully saturated rings. The lowest BCUT2D eigenvalue weighted by molar-refractivity contribution is -0.00923. The Balaban J connectivity index is 1.65. The normalized spacial score (nSPS) is 16.6. The molecule has 1 heterocycles. The lowest BCUT2D eigenvalue weighted by atomic mass is 10.1. The van der Waals surface area contributed by atoms with E-state index >= 15 is 0 Å². The summed E-state index contributed by atoms with van der Waals surface area (Å²) in [7, 11) is 0. The van der Waals surface area contributed by atoms with Crippen molar-refractivity contribution in [2.45, 2.75) is 18.9 Å². The fraction of sp³-hybridized carbons (Fsp3) is 0.562. The standard InChI is InChI=1S/C16H22N2O3/c17-13-14-2-1-3-16(12-14)20-10-8-18-6-4-15(5-7-18)21-11-9-19/h1-3,12,15,19H,4-11H2. The van der Waals surface area contributed by atoms with E-state index in [1.165, 1.54) is 0 Å². The maximum atomic E-state index is 8.84. The molecule has 114 valence electrons. The monoisotopic (exact) mass is 290 g/mol. The van der Waals surface area contributed by atoms with Crippen molar-refractivity contribution in [2.75, 3.05) is 39.5 Å². The van der Waals surface area contributed by atoms with Gasteiger partial charge >= 0.3 is 0 Å². The van der Waals surface area contributed by atoms with Crippen LogP contribution in [0.15, 0.2) is 24.3 Å². The molecule has 5 heteroatoms. The van der Waals surface area contributed by atoms with Crippen molar-refractivity contribution in [3.8, 4) is 11.8 Å². The van der Waals surface area contributed by atoms with Gasteiger partial charge in [0, 0.05) is 19.6 Å². The van der Waals surface area contributed by atoms with E-state index in [4.69, 9.17) is 19.8 Å². The van der Waals surface area contributed by atoms with Crippen LogP contribution in [0.2, 0.25) is 0 Å². The topological polar surface area (TPSA) is 65.7 Å². The molecule has 0 atom stereocenters. The van der Waals surface area contributed by atoms with Crippen LogP contribution in [0.25, 0.3) is 0 Å². The molecule has 1 saturated heterocycles. The highest BCUT2D eigenvalue weighted by Crippen LogP contribution is 2.15. The minimum absolute atomic E-state index is 0.0931. The van der Waals surface area contributed by atoms with E-state index in [2.05, 4.69) is 11.0 Å². The van der Waals surface area contributed by atoms with Crippen LogP contribution < -0.4 is 4.74 Å². The van der Waals surface area contributed by atoms with Gasteiger partial charge in [0.25, 0.3) is 0 Å². The zero-order chi connectivity index (χ0) is 14.9. The first kappa shape index (κ1) is 15.8. The van der Waals surface area contributed by atoms with Crippen LogP contribution in [0.5, 0.6) is 5.75 Å². The molecule has 0 spiro atoms. The number of nitriles is 1. The van der Waals surface area contributed by atoms with Gasteiger partial charge in [-0.25, -0.2) is 0 Å². The van der Waals surface area contributed by atoms with Crippen molar-refractivity contribution >= 4 is 0 Å². The summed E-state index contributed by atoms with van der Waals surface area (Å²) >= 11 is 0. The third-order valence-electron chi connectivity index (χ3n) is 3.62. The number of hydrogen-bond donors (Lipinski definition) is 1. The summed E-state index contributed by atoms with van der Waals surface area (Å²) in [5.74, 6) is 0.746. The molecule has 1 aliphatic heterocycles. The number of likely N-dealkylation sites (tertiary alicyclic amines) is 1. The van der Waals surface area contributed by atoms with Crippen molar-refractivity contribution < 1.29 is 14.6 Å². The predicted molar refractivity (Wildman–Crippen MR) is 79.2 cm³/mol. The number of aliphatic hydroxyl groups excluding tert-OH is 1. The highest BCUT2D eigenvalue weighted by molar-refractivity contribution is 5.36. The molecule has 21 heavy (non-hydrogen) atoms. The molecule has 0 aliphatic carbocycles. The molecule has 1 aromatic carbocycles. The Morgan fingerprint density at radius 2 is 2.10 bits per heavy atom. The molecular weight excluding hydrogens is 268 g/mol. The number of nitrogens with zero attached hydrogens (tertiary/aromatic N) is 2. The van der Waals surface area contributed by atoms with E-state index in [0.29, 0.717) is 18.8 Å². The van der Waals surface area contributed by atoms with Crippen LogP contribution in [-0.4, -0.2) is 55.6 Å². The van der Waals surface area contributed by atoms with E-state index in [0.717, 1.165) is 38.2 Å². The first-order valence-corrected chi connectivity index (χ1v) is 7.39. The summed E-state index contributed by atoms with van der Waals surface area (Å²) in [6.07, 6.45) is 2.29. The molecular formula is C16H22N2O3. The van der Waals surface area contributed by atoms with Gasteiger partial charge < -0.3 is 14.6 Å². The van der Waals surface area contributed by atoms with Crippen LogP contribution in [0.1, 0.15) is 18.4 Å². The molecule has 1 aromatic rings. The molecule has 1 N–H and O–H groups in total. The Morgan fingerprint density at radius 3 is 2.81 bits per heavy atom. The molecule has 5 nitrogen and oxygen atoms in total. The zero-order valence-corrected chi connectivity index (χ0v) is 12.2. The second-order valence-electron chi connectivity index (χ2n) is 5.12. The molecule has 0 saturated carbocycles. The van der Waals surface area contributed by atoms with E-state index in [-0.39, 0.29) is 12.7 Å². The number of benzene rings is 1. The molecule has 0 aromatic heterocycles. The average Bonchev–Trinajstić information content (AvgIpc) is 2.54. The molecule has 0 unspecified atom stereocenters. The quantitative estimate of drug-likeness (QED) is 0.822. The zero-order valence-electron chi connectivity index (χ0n) is 12.2. The summed E-state index contributed by atoms with van der Waals surface area (Å²) < 4.78 is 11.2. The smallest absolute Gasteiger partial charge is 0.120 e. The van der Waals surface area contributed by atoms with Crippen LogP contribution in [0, 0.1) is 11.3 Å². The van der Waals surface area contributed by atoms with E-state index in [1.54, 1.807) is 12.1 Å². The predicted octanol–water partition coefficient (Wildman–Crippen LogP) is 1.41. The van der Waals surface area contributed by atoms with Gasteiger partial charge in [0.2, 0.25) is 0 Å². The first-order chi connectivity index (χ1) is 10.3. The van der Waals surface area contributed by atoms with Crippen LogP contribution in [-0.2, 0) is 4.74 Å². The second kappa shape index (κ2) is 8.63. The summed E-state index contributed by atoms with van der Waals surface area (Å²) in [5.41, 5.74) is 0.620. The Labute approximate surface area is 125 Å². The second-order valence-corrected chi connectivity index (χ2v) is 5.12. The highest BCUT2D eigenvalue weighted by atomic mass is 16.5.